The molecular weight excluding hydrogens is 512 g/mol. The number of aldehydes is 1. The van der Waals surface area contributed by atoms with Crippen molar-refractivity contribution in [3.8, 4) is 11.4 Å². The first-order valence-corrected chi connectivity index (χ1v) is 11.1. The van der Waals surface area contributed by atoms with Crippen LogP contribution in [-0.4, -0.2) is 49.3 Å². The minimum atomic E-state index is -4.82. The molecule has 3 aromatic rings. The summed E-state index contributed by atoms with van der Waals surface area (Å²) in [5.41, 5.74) is 12.8. The molecule has 0 bridgehead atoms. The number of amides is 1. The zero-order valence-electron chi connectivity index (χ0n) is 19.8. The number of nitrogens with one attached hydrogen (secondary N) is 1. The summed E-state index contributed by atoms with van der Waals surface area (Å²) in [6.45, 7) is -0.0787. The molecule has 0 aliphatic carbocycles. The molecule has 3 rings (SSSR count). The van der Waals surface area contributed by atoms with Crippen molar-refractivity contribution in [2.24, 2.45) is 11.5 Å². The topological polar surface area (TPSA) is 156 Å². The lowest BCUT2D eigenvalue weighted by Crippen LogP contribution is -2.28. The molecule has 0 radical (unpaired) electrons. The molecule has 0 aliphatic heterocycles. The van der Waals surface area contributed by atoms with Crippen LogP contribution < -0.4 is 21.5 Å². The smallest absolute Gasteiger partial charge is 0.406 e. The number of hydrogen-bond donors (Lipinski definition) is 3. The number of carbonyl (C=O) groups is 2. The third-order valence-corrected chi connectivity index (χ3v) is 4.90. The van der Waals surface area contributed by atoms with E-state index in [1.807, 2.05) is 0 Å². The Labute approximate surface area is 213 Å². The molecule has 0 fully saturated rings. The fraction of sp³-hybridized carbons (Fsp3) is 0.261. The van der Waals surface area contributed by atoms with E-state index >= 15 is 0 Å². The Kier molecular flexibility index (Phi) is 9.18. The van der Waals surface area contributed by atoms with E-state index in [2.05, 4.69) is 25.3 Å². The van der Waals surface area contributed by atoms with E-state index < -0.39 is 24.2 Å². The summed E-state index contributed by atoms with van der Waals surface area (Å²) in [6.07, 6.45) is 1.53. The quantitative estimate of drug-likeness (QED) is 0.181. The molecule has 0 saturated carbocycles. The van der Waals surface area contributed by atoms with Crippen LogP contribution in [0.3, 0.4) is 0 Å². The average Bonchev–Trinajstić information content (AvgIpc) is 3.50. The number of imidazole rings is 1. The van der Waals surface area contributed by atoms with Crippen molar-refractivity contribution in [1.29, 1.82) is 0 Å². The van der Waals surface area contributed by atoms with Crippen LogP contribution >= 0.6 is 0 Å². The van der Waals surface area contributed by atoms with Crippen LogP contribution in [-0.2, 0) is 17.8 Å². The summed E-state index contributed by atoms with van der Waals surface area (Å²) >= 11 is 0. The van der Waals surface area contributed by atoms with Gasteiger partial charge < -0.3 is 26.1 Å². The van der Waals surface area contributed by atoms with Gasteiger partial charge in [-0.15, -0.1) is 18.3 Å². The summed E-state index contributed by atoms with van der Waals surface area (Å²) in [5, 5.41) is 9.65. The highest BCUT2D eigenvalue weighted by Gasteiger charge is 2.31. The van der Waals surface area contributed by atoms with Crippen molar-refractivity contribution in [2.45, 2.75) is 38.3 Å². The Balaban J connectivity index is 1.47. The normalized spacial score (nSPS) is 13.3. The number of carbonyl (C=O) groups excluding carboxylic acids is 2. The zero-order valence-corrected chi connectivity index (χ0v) is 19.8. The molecule has 15 heteroatoms. The second kappa shape index (κ2) is 12.5. The third kappa shape index (κ3) is 9.07. The van der Waals surface area contributed by atoms with Gasteiger partial charge in [-0.3, -0.25) is 9.59 Å². The van der Waals surface area contributed by atoms with Crippen molar-refractivity contribution >= 4 is 12.2 Å². The van der Waals surface area contributed by atoms with Crippen molar-refractivity contribution < 1.29 is 31.9 Å². The van der Waals surface area contributed by atoms with Gasteiger partial charge in [0.1, 0.15) is 23.4 Å². The highest BCUT2D eigenvalue weighted by molar-refractivity contribution is 5.79. The number of benzene rings is 1. The molecule has 0 saturated heterocycles. The van der Waals surface area contributed by atoms with Crippen LogP contribution in [0.2, 0.25) is 0 Å². The van der Waals surface area contributed by atoms with Crippen molar-refractivity contribution in [3.63, 3.8) is 0 Å². The van der Waals surface area contributed by atoms with Crippen LogP contribution in [0.15, 0.2) is 66.7 Å². The maximum absolute atomic E-state index is 14.1. The SMILES string of the molecule is N/C(=C\C=C(/N)NC(=O)Cc1cn(-c2cccc(OC(F)(F)F)c2)cn1)CCC(F)Cn1cc(C=O)nn1. The molecule has 1 amide bonds. The summed E-state index contributed by atoms with van der Waals surface area (Å²) in [4.78, 5) is 26.9. The maximum atomic E-state index is 14.1. The van der Waals surface area contributed by atoms with Gasteiger partial charge in [0.15, 0.2) is 6.29 Å². The van der Waals surface area contributed by atoms with Gasteiger partial charge in [-0.05, 0) is 37.1 Å². The van der Waals surface area contributed by atoms with Gasteiger partial charge in [-0.1, -0.05) is 11.3 Å². The zero-order chi connectivity index (χ0) is 27.7. The lowest BCUT2D eigenvalue weighted by Gasteiger charge is -2.10. The lowest BCUT2D eigenvalue weighted by molar-refractivity contribution is -0.274. The molecule has 38 heavy (non-hydrogen) atoms. The molecule has 1 unspecified atom stereocenters. The Morgan fingerprint density at radius 1 is 1.21 bits per heavy atom. The van der Waals surface area contributed by atoms with Gasteiger partial charge >= 0.3 is 6.36 Å². The number of rotatable bonds is 12. The Morgan fingerprint density at radius 2 is 2.00 bits per heavy atom. The fourth-order valence-electron chi connectivity index (χ4n) is 3.20. The number of nitrogens with zero attached hydrogens (tertiary/aromatic N) is 5. The monoisotopic (exact) mass is 536 g/mol. The molecule has 11 nitrogen and oxygen atoms in total. The minimum absolute atomic E-state index is 0.00445. The Hall–Kier alpha value is -4.69. The van der Waals surface area contributed by atoms with Crippen LogP contribution in [0.25, 0.3) is 5.69 Å². The van der Waals surface area contributed by atoms with E-state index in [0.29, 0.717) is 23.4 Å². The number of halogens is 4. The van der Waals surface area contributed by atoms with E-state index in [0.717, 1.165) is 0 Å². The number of nitrogens with two attached hydrogens (primary N) is 2. The molecule has 0 spiro atoms. The van der Waals surface area contributed by atoms with E-state index in [-0.39, 0.29) is 37.3 Å². The lowest BCUT2D eigenvalue weighted by atomic mass is 10.1. The summed E-state index contributed by atoms with van der Waals surface area (Å²) < 4.78 is 58.0. The highest BCUT2D eigenvalue weighted by atomic mass is 19.4. The maximum Gasteiger partial charge on any atom is 0.573 e. The van der Waals surface area contributed by atoms with Gasteiger partial charge in [0.2, 0.25) is 5.91 Å². The Morgan fingerprint density at radius 3 is 2.71 bits per heavy atom. The van der Waals surface area contributed by atoms with E-state index in [1.165, 1.54) is 58.3 Å². The number of alkyl halides is 4. The van der Waals surface area contributed by atoms with Gasteiger partial charge in [-0.25, -0.2) is 14.1 Å². The summed E-state index contributed by atoms with van der Waals surface area (Å²) in [7, 11) is 0. The van der Waals surface area contributed by atoms with E-state index in [4.69, 9.17) is 11.5 Å². The highest BCUT2D eigenvalue weighted by Crippen LogP contribution is 2.24. The van der Waals surface area contributed by atoms with Crippen LogP contribution in [0.5, 0.6) is 5.75 Å². The molecule has 2 heterocycles. The number of hydrogen-bond acceptors (Lipinski definition) is 8. The summed E-state index contributed by atoms with van der Waals surface area (Å²) in [5.74, 6) is -0.884. The molecule has 1 aromatic carbocycles. The largest absolute Gasteiger partial charge is 0.573 e. The molecule has 5 N–H and O–H groups in total. The predicted octanol–water partition coefficient (Wildman–Crippen LogP) is 2.29. The molecule has 0 aliphatic rings. The molecular formula is C23H24F4N8O3. The minimum Gasteiger partial charge on any atom is -0.406 e. The van der Waals surface area contributed by atoms with Crippen LogP contribution in [0.4, 0.5) is 17.6 Å². The van der Waals surface area contributed by atoms with E-state index in [9.17, 15) is 27.2 Å². The van der Waals surface area contributed by atoms with Crippen LogP contribution in [0, 0.1) is 0 Å². The van der Waals surface area contributed by atoms with Gasteiger partial charge in [0.05, 0.1) is 36.9 Å². The van der Waals surface area contributed by atoms with Crippen molar-refractivity contribution in [3.05, 3.63) is 78.0 Å². The first kappa shape index (κ1) is 27.9. The first-order valence-electron chi connectivity index (χ1n) is 11.1. The Bertz CT molecular complexity index is 1320. The fourth-order valence-corrected chi connectivity index (χ4v) is 3.20. The van der Waals surface area contributed by atoms with Crippen molar-refractivity contribution in [2.75, 3.05) is 0 Å². The molecule has 202 valence electrons. The average molecular weight is 536 g/mol. The first-order chi connectivity index (χ1) is 18.0. The predicted molar refractivity (Wildman–Crippen MR) is 126 cm³/mol. The standard InChI is InChI=1S/C23H24F4N8O3/c24-15(10-35-12-18(13-36)32-33-35)4-5-16(28)6-7-21(29)31-22(37)8-17-11-34(14-30-17)19-2-1-3-20(9-19)38-23(25,26)27/h1-3,6-7,9,11-15H,4-5,8,10,28-29H2,(H,31,37)/b16-6-,21-7+. The number of allylic oxidation sites excluding steroid dienone is 3. The second-order valence-corrected chi connectivity index (χ2v) is 8.03. The molecule has 1 atom stereocenters. The third-order valence-electron chi connectivity index (χ3n) is 4.90. The van der Waals surface area contributed by atoms with Gasteiger partial charge in [-0.2, -0.15) is 0 Å². The second-order valence-electron chi connectivity index (χ2n) is 8.03. The molecule has 2 aromatic heterocycles. The number of aromatic nitrogens is 5. The van der Waals surface area contributed by atoms with Gasteiger partial charge in [0.25, 0.3) is 0 Å². The summed E-state index contributed by atoms with van der Waals surface area (Å²) in [6, 6.07) is 5.29. The van der Waals surface area contributed by atoms with Crippen LogP contribution in [0.1, 0.15) is 29.0 Å². The number of ether oxygens (including phenoxy) is 1. The van der Waals surface area contributed by atoms with Gasteiger partial charge in [0, 0.05) is 18.0 Å². The van der Waals surface area contributed by atoms with E-state index in [1.54, 1.807) is 6.07 Å². The van der Waals surface area contributed by atoms with Crippen molar-refractivity contribution in [1.82, 2.24) is 29.9 Å².